The van der Waals surface area contributed by atoms with E-state index >= 15 is 0 Å². The highest BCUT2D eigenvalue weighted by Crippen LogP contribution is 2.22. The molecule has 1 heterocycles. The largest absolute Gasteiger partial charge is 0.342 e. The minimum Gasteiger partial charge on any atom is -0.342 e. The van der Waals surface area contributed by atoms with E-state index < -0.39 is 0 Å². The first-order chi connectivity index (χ1) is 15.8. The quantitative estimate of drug-likeness (QED) is 0.437. The molecule has 0 radical (unpaired) electrons. The van der Waals surface area contributed by atoms with Gasteiger partial charge in [-0.15, -0.1) is 10.2 Å². The average Bonchev–Trinajstić information content (AvgIpc) is 3.21. The summed E-state index contributed by atoms with van der Waals surface area (Å²) in [5, 5.41) is 15.1. The summed E-state index contributed by atoms with van der Waals surface area (Å²) in [6.45, 7) is 10.7. The van der Waals surface area contributed by atoms with Crippen LogP contribution < -0.4 is 10.6 Å². The number of carbonyl (C=O) groups excluding carboxylic acids is 2. The van der Waals surface area contributed by atoms with Crippen LogP contribution in [-0.2, 0) is 11.3 Å². The number of hydrogen-bond donors (Lipinski definition) is 2. The second-order valence-corrected chi connectivity index (χ2v) is 9.15. The number of carbonyl (C=O) groups is 2. The monoisotopic (exact) mass is 465 g/mol. The van der Waals surface area contributed by atoms with Crippen molar-refractivity contribution in [1.29, 1.82) is 0 Å². The Kier molecular flexibility index (Phi) is 8.27. The highest BCUT2D eigenvalue weighted by atomic mass is 32.2. The predicted molar refractivity (Wildman–Crippen MR) is 133 cm³/mol. The lowest BCUT2D eigenvalue weighted by Crippen LogP contribution is -2.29. The van der Waals surface area contributed by atoms with Crippen LogP contribution in [0.1, 0.15) is 67.0 Å². The molecular weight excluding hydrogens is 434 g/mol. The molecule has 1 aromatic heterocycles. The molecule has 0 aliphatic carbocycles. The van der Waals surface area contributed by atoms with Gasteiger partial charge in [-0.1, -0.05) is 55.9 Å². The molecule has 2 aromatic carbocycles. The van der Waals surface area contributed by atoms with Crippen LogP contribution >= 0.6 is 11.8 Å². The molecule has 0 unspecified atom stereocenters. The van der Waals surface area contributed by atoms with Crippen molar-refractivity contribution in [3.63, 3.8) is 0 Å². The molecule has 0 aliphatic rings. The highest BCUT2D eigenvalue weighted by molar-refractivity contribution is 7.99. The van der Waals surface area contributed by atoms with E-state index in [1.807, 2.05) is 67.8 Å². The summed E-state index contributed by atoms with van der Waals surface area (Å²) in [4.78, 5) is 25.1. The van der Waals surface area contributed by atoms with Crippen molar-refractivity contribution >= 4 is 29.3 Å². The lowest BCUT2D eigenvalue weighted by atomic mass is 10.0. The van der Waals surface area contributed by atoms with E-state index in [4.69, 9.17) is 0 Å². The van der Waals surface area contributed by atoms with Gasteiger partial charge in [-0.2, -0.15) is 0 Å². The summed E-state index contributed by atoms with van der Waals surface area (Å²) < 4.78 is 1.93. The molecule has 1 atom stereocenters. The zero-order valence-electron chi connectivity index (χ0n) is 19.8. The molecule has 0 spiro atoms. The molecule has 3 aromatic rings. The van der Waals surface area contributed by atoms with Crippen LogP contribution in [0.25, 0.3) is 0 Å². The number of benzene rings is 2. The highest BCUT2D eigenvalue weighted by Gasteiger charge is 2.20. The maximum absolute atomic E-state index is 12.7. The van der Waals surface area contributed by atoms with E-state index in [9.17, 15) is 9.59 Å². The normalized spacial score (nSPS) is 11.9. The maximum atomic E-state index is 12.7. The summed E-state index contributed by atoms with van der Waals surface area (Å²) in [6.07, 6.45) is 0. The number of rotatable bonds is 9. The number of aromatic nitrogens is 3. The van der Waals surface area contributed by atoms with Crippen LogP contribution in [-0.4, -0.2) is 32.3 Å². The van der Waals surface area contributed by atoms with E-state index in [1.54, 1.807) is 6.07 Å². The lowest BCUT2D eigenvalue weighted by Gasteiger charge is -2.16. The number of nitrogens with zero attached hydrogens (tertiary/aromatic N) is 3. The molecule has 0 saturated heterocycles. The predicted octanol–water partition coefficient (Wildman–Crippen LogP) is 4.95. The van der Waals surface area contributed by atoms with Gasteiger partial charge in [0.25, 0.3) is 5.91 Å². The van der Waals surface area contributed by atoms with E-state index in [1.165, 1.54) is 17.3 Å². The molecule has 174 valence electrons. The van der Waals surface area contributed by atoms with E-state index in [0.29, 0.717) is 29.0 Å². The lowest BCUT2D eigenvalue weighted by molar-refractivity contribution is -0.113. The minimum absolute atomic E-state index is 0.106. The Morgan fingerprint density at radius 3 is 2.36 bits per heavy atom. The molecule has 0 bridgehead atoms. The first-order valence-corrected chi connectivity index (χ1v) is 12.1. The Bertz CT molecular complexity index is 1110. The molecule has 7 nitrogen and oxygen atoms in total. The van der Waals surface area contributed by atoms with Crippen LogP contribution in [0.3, 0.4) is 0 Å². The molecular formula is C25H31N5O2S. The van der Waals surface area contributed by atoms with E-state index in [0.717, 1.165) is 11.3 Å². The van der Waals surface area contributed by atoms with Gasteiger partial charge in [-0.3, -0.25) is 9.59 Å². The number of anilines is 1. The Balaban J connectivity index is 1.61. The molecule has 0 aliphatic heterocycles. The van der Waals surface area contributed by atoms with Gasteiger partial charge in [0, 0.05) is 17.8 Å². The second kappa shape index (κ2) is 11.1. The standard InChI is InChI=1S/C25H31N5O2S/c1-6-30-23(18(5)26-24(32)21-10-8-7-9-17(21)4)28-29-25(30)33-15-22(31)27-20-13-11-19(12-14-20)16(2)3/h7-14,16,18H,6,15H2,1-5H3,(H,26,32)(H,27,31)/t18-/m1/s1. The topological polar surface area (TPSA) is 88.9 Å². The third kappa shape index (κ3) is 6.22. The number of thioether (sulfide) groups is 1. The number of hydrogen-bond acceptors (Lipinski definition) is 5. The van der Waals surface area contributed by atoms with E-state index in [2.05, 4.69) is 34.7 Å². The molecule has 0 saturated carbocycles. The fourth-order valence-corrected chi connectivity index (χ4v) is 4.28. The van der Waals surface area contributed by atoms with Gasteiger partial charge in [-0.05, 0) is 56.0 Å². The van der Waals surface area contributed by atoms with Crippen molar-refractivity contribution in [3.05, 3.63) is 71.0 Å². The average molecular weight is 466 g/mol. The third-order valence-corrected chi connectivity index (χ3v) is 6.35. The summed E-state index contributed by atoms with van der Waals surface area (Å²) in [7, 11) is 0. The fourth-order valence-electron chi connectivity index (χ4n) is 3.47. The Morgan fingerprint density at radius 2 is 1.73 bits per heavy atom. The third-order valence-electron chi connectivity index (χ3n) is 5.38. The van der Waals surface area contributed by atoms with Crippen molar-refractivity contribution in [1.82, 2.24) is 20.1 Å². The van der Waals surface area contributed by atoms with Crippen LogP contribution in [0.15, 0.2) is 53.7 Å². The van der Waals surface area contributed by atoms with Crippen molar-refractivity contribution in [2.24, 2.45) is 0 Å². The summed E-state index contributed by atoms with van der Waals surface area (Å²) >= 11 is 1.33. The van der Waals surface area contributed by atoms with Crippen molar-refractivity contribution in [3.8, 4) is 0 Å². The van der Waals surface area contributed by atoms with Crippen LogP contribution in [0.4, 0.5) is 5.69 Å². The smallest absolute Gasteiger partial charge is 0.252 e. The Hall–Kier alpha value is -3.13. The molecule has 8 heteroatoms. The number of amides is 2. The first-order valence-electron chi connectivity index (χ1n) is 11.1. The fraction of sp³-hybridized carbons (Fsp3) is 0.360. The molecule has 0 fully saturated rings. The van der Waals surface area contributed by atoms with Gasteiger partial charge in [0.15, 0.2) is 11.0 Å². The van der Waals surface area contributed by atoms with Gasteiger partial charge in [0.1, 0.15) is 0 Å². The van der Waals surface area contributed by atoms with Gasteiger partial charge in [0.2, 0.25) is 5.91 Å². The second-order valence-electron chi connectivity index (χ2n) is 8.21. The van der Waals surface area contributed by atoms with Gasteiger partial charge >= 0.3 is 0 Å². The van der Waals surface area contributed by atoms with Crippen LogP contribution in [0.5, 0.6) is 0 Å². The molecule has 33 heavy (non-hydrogen) atoms. The van der Waals surface area contributed by atoms with Crippen LogP contribution in [0, 0.1) is 6.92 Å². The zero-order valence-corrected chi connectivity index (χ0v) is 20.6. The Labute approximate surface area is 199 Å². The summed E-state index contributed by atoms with van der Waals surface area (Å²) in [6, 6.07) is 15.0. The number of nitrogens with one attached hydrogen (secondary N) is 2. The van der Waals surface area contributed by atoms with Gasteiger partial charge in [0.05, 0.1) is 11.8 Å². The number of aryl methyl sites for hydroxylation is 1. The molecule has 2 N–H and O–H groups in total. The van der Waals surface area contributed by atoms with Crippen molar-refractivity contribution in [2.45, 2.75) is 58.3 Å². The summed E-state index contributed by atoms with van der Waals surface area (Å²) in [5.41, 5.74) is 3.56. The maximum Gasteiger partial charge on any atom is 0.252 e. The molecule has 3 rings (SSSR count). The van der Waals surface area contributed by atoms with Gasteiger partial charge in [-0.25, -0.2) is 0 Å². The summed E-state index contributed by atoms with van der Waals surface area (Å²) in [5.74, 6) is 1.07. The SMILES string of the molecule is CCn1c(SCC(=O)Nc2ccc(C(C)C)cc2)nnc1[C@@H](C)NC(=O)c1ccccc1C. The Morgan fingerprint density at radius 1 is 1.03 bits per heavy atom. The van der Waals surface area contributed by atoms with Crippen LogP contribution in [0.2, 0.25) is 0 Å². The van der Waals surface area contributed by atoms with Gasteiger partial charge < -0.3 is 15.2 Å². The van der Waals surface area contributed by atoms with E-state index in [-0.39, 0.29) is 23.6 Å². The first kappa shape index (κ1) is 24.5. The molecule has 2 amide bonds. The minimum atomic E-state index is -0.327. The van der Waals surface area contributed by atoms with Crippen molar-refractivity contribution in [2.75, 3.05) is 11.1 Å². The van der Waals surface area contributed by atoms with Crippen molar-refractivity contribution < 1.29 is 9.59 Å². The zero-order chi connectivity index (χ0) is 24.0.